The molecule has 4 heteroatoms. The number of hydrogen-bond acceptors (Lipinski definition) is 2. The van der Waals surface area contributed by atoms with Crippen LogP contribution in [0.4, 0.5) is 8.78 Å². The van der Waals surface area contributed by atoms with Gasteiger partial charge in [-0.2, -0.15) is 0 Å². The smallest absolute Gasteiger partial charge is 0.263 e. The third kappa shape index (κ3) is 5.16. The van der Waals surface area contributed by atoms with Crippen LogP contribution in [0.2, 0.25) is 0 Å². The lowest BCUT2D eigenvalue weighted by Crippen LogP contribution is -2.20. The molecule has 21 heavy (non-hydrogen) atoms. The second kappa shape index (κ2) is 7.74. The first-order chi connectivity index (χ1) is 10.1. The zero-order valence-electron chi connectivity index (χ0n) is 12.0. The lowest BCUT2D eigenvalue weighted by Gasteiger charge is -2.09. The van der Waals surface area contributed by atoms with E-state index in [0.29, 0.717) is 19.7 Å². The summed E-state index contributed by atoms with van der Waals surface area (Å²) in [5.74, 6) is 0.844. The van der Waals surface area contributed by atoms with E-state index >= 15 is 0 Å². The Bertz CT molecular complexity index is 572. The number of nitrogens with one attached hydrogen (secondary N) is 1. The normalized spacial score (nSPS) is 10.9. The van der Waals surface area contributed by atoms with E-state index in [-0.39, 0.29) is 5.56 Å². The Morgan fingerprint density at radius 1 is 1.10 bits per heavy atom. The lowest BCUT2D eigenvalue weighted by atomic mass is 10.1. The van der Waals surface area contributed by atoms with Gasteiger partial charge in [0.1, 0.15) is 12.4 Å². The molecule has 0 unspecified atom stereocenters. The number of alkyl halides is 2. The van der Waals surface area contributed by atoms with Gasteiger partial charge in [-0.3, -0.25) is 0 Å². The maximum atomic E-state index is 12.6. The summed E-state index contributed by atoms with van der Waals surface area (Å²) in [6.07, 6.45) is -2.42. The summed E-state index contributed by atoms with van der Waals surface area (Å²) in [5.41, 5.74) is 2.07. The molecule has 2 rings (SSSR count). The van der Waals surface area contributed by atoms with Crippen LogP contribution >= 0.6 is 0 Å². The molecule has 0 aliphatic carbocycles. The average Bonchev–Trinajstić information content (AvgIpc) is 2.47. The van der Waals surface area contributed by atoms with Gasteiger partial charge in [0.2, 0.25) is 0 Å². The molecule has 2 aromatic rings. The van der Waals surface area contributed by atoms with Crippen molar-refractivity contribution < 1.29 is 13.5 Å². The largest absolute Gasteiger partial charge is 0.492 e. The molecule has 112 valence electrons. The molecule has 0 amide bonds. The minimum absolute atomic E-state index is 0.0605. The number of benzene rings is 2. The standard InChI is InChI=1S/C17H19F2NO/c1-13-4-2-7-16(10-13)21-9-8-20-12-14-5-3-6-15(11-14)17(18)19/h2-7,10-11,17,20H,8-9,12H2,1H3. The third-order valence-corrected chi connectivity index (χ3v) is 3.07. The Balaban J connectivity index is 1.71. The number of aryl methyl sites for hydroxylation is 1. The van der Waals surface area contributed by atoms with E-state index in [9.17, 15) is 8.78 Å². The van der Waals surface area contributed by atoms with E-state index in [4.69, 9.17) is 4.74 Å². The maximum absolute atomic E-state index is 12.6. The highest BCUT2D eigenvalue weighted by Gasteiger charge is 2.06. The molecule has 0 radical (unpaired) electrons. The Morgan fingerprint density at radius 2 is 1.90 bits per heavy atom. The van der Waals surface area contributed by atoms with E-state index in [2.05, 4.69) is 5.32 Å². The molecule has 0 atom stereocenters. The summed E-state index contributed by atoms with van der Waals surface area (Å²) in [4.78, 5) is 0. The highest BCUT2D eigenvalue weighted by molar-refractivity contribution is 5.27. The first-order valence-corrected chi connectivity index (χ1v) is 6.92. The van der Waals surface area contributed by atoms with Gasteiger partial charge >= 0.3 is 0 Å². The SMILES string of the molecule is Cc1cccc(OCCNCc2cccc(C(F)F)c2)c1. The van der Waals surface area contributed by atoms with Crippen molar-refractivity contribution in [2.45, 2.75) is 19.9 Å². The van der Waals surface area contributed by atoms with Crippen LogP contribution in [0, 0.1) is 6.92 Å². The minimum atomic E-state index is -2.42. The van der Waals surface area contributed by atoms with Crippen LogP contribution < -0.4 is 10.1 Å². The molecule has 0 aliphatic heterocycles. The van der Waals surface area contributed by atoms with Gasteiger partial charge in [-0.25, -0.2) is 8.78 Å². The molecule has 0 spiro atoms. The summed E-state index contributed by atoms with van der Waals surface area (Å²) in [6, 6.07) is 14.3. The molecule has 1 N–H and O–H groups in total. The fourth-order valence-electron chi connectivity index (χ4n) is 2.02. The van der Waals surface area contributed by atoms with E-state index in [1.165, 1.54) is 12.1 Å². The molecule has 0 aromatic heterocycles. The van der Waals surface area contributed by atoms with Gasteiger partial charge in [0.25, 0.3) is 6.43 Å². The topological polar surface area (TPSA) is 21.3 Å². The maximum Gasteiger partial charge on any atom is 0.263 e. The number of ether oxygens (including phenoxy) is 1. The molecule has 0 fully saturated rings. The molecular formula is C17H19F2NO. The van der Waals surface area contributed by atoms with Crippen molar-refractivity contribution in [1.82, 2.24) is 5.32 Å². The fourth-order valence-corrected chi connectivity index (χ4v) is 2.02. The summed E-state index contributed by atoms with van der Waals surface area (Å²) in [7, 11) is 0. The summed E-state index contributed by atoms with van der Waals surface area (Å²) >= 11 is 0. The van der Waals surface area contributed by atoms with E-state index < -0.39 is 6.43 Å². The Kier molecular flexibility index (Phi) is 5.69. The number of hydrogen-bond donors (Lipinski definition) is 1. The van der Waals surface area contributed by atoms with Crippen LogP contribution in [0.1, 0.15) is 23.1 Å². The zero-order chi connectivity index (χ0) is 15.1. The van der Waals surface area contributed by atoms with Crippen LogP contribution in [0.15, 0.2) is 48.5 Å². The van der Waals surface area contributed by atoms with Gasteiger partial charge in [0.05, 0.1) is 0 Å². The first-order valence-electron chi connectivity index (χ1n) is 6.92. The van der Waals surface area contributed by atoms with Gasteiger partial charge in [-0.05, 0) is 36.2 Å². The third-order valence-electron chi connectivity index (χ3n) is 3.07. The predicted octanol–water partition coefficient (Wildman–Crippen LogP) is 4.10. The fraction of sp³-hybridized carbons (Fsp3) is 0.294. The monoisotopic (exact) mass is 291 g/mol. The number of halogens is 2. The summed E-state index contributed by atoms with van der Waals surface area (Å²) in [5, 5.41) is 3.18. The predicted molar refractivity (Wildman–Crippen MR) is 79.8 cm³/mol. The summed E-state index contributed by atoms with van der Waals surface area (Å²) < 4.78 is 30.7. The van der Waals surface area contributed by atoms with E-state index in [0.717, 1.165) is 16.9 Å². The van der Waals surface area contributed by atoms with E-state index in [1.807, 2.05) is 37.3 Å². The van der Waals surface area contributed by atoms with Crippen molar-refractivity contribution in [1.29, 1.82) is 0 Å². The zero-order valence-corrected chi connectivity index (χ0v) is 12.0. The Morgan fingerprint density at radius 3 is 2.67 bits per heavy atom. The van der Waals surface area contributed by atoms with Crippen LogP contribution in [-0.2, 0) is 6.54 Å². The highest BCUT2D eigenvalue weighted by Crippen LogP contribution is 2.19. The second-order valence-corrected chi connectivity index (χ2v) is 4.89. The number of rotatable bonds is 7. The van der Waals surface area contributed by atoms with Gasteiger partial charge < -0.3 is 10.1 Å². The molecule has 2 aromatic carbocycles. The molecule has 0 aliphatic rings. The van der Waals surface area contributed by atoms with Crippen LogP contribution in [-0.4, -0.2) is 13.2 Å². The molecule has 0 saturated carbocycles. The first kappa shape index (κ1) is 15.4. The van der Waals surface area contributed by atoms with Crippen LogP contribution in [0.25, 0.3) is 0 Å². The van der Waals surface area contributed by atoms with Crippen molar-refractivity contribution in [2.75, 3.05) is 13.2 Å². The van der Waals surface area contributed by atoms with Crippen molar-refractivity contribution in [3.05, 3.63) is 65.2 Å². The molecule has 0 bridgehead atoms. The second-order valence-electron chi connectivity index (χ2n) is 4.89. The molecular weight excluding hydrogens is 272 g/mol. The van der Waals surface area contributed by atoms with Crippen molar-refractivity contribution >= 4 is 0 Å². The van der Waals surface area contributed by atoms with Crippen molar-refractivity contribution in [3.8, 4) is 5.75 Å². The summed E-state index contributed by atoms with van der Waals surface area (Å²) in [6.45, 7) is 3.77. The molecule has 0 heterocycles. The van der Waals surface area contributed by atoms with Crippen molar-refractivity contribution in [3.63, 3.8) is 0 Å². The quantitative estimate of drug-likeness (QED) is 0.775. The van der Waals surface area contributed by atoms with Crippen LogP contribution in [0.3, 0.4) is 0 Å². The highest BCUT2D eigenvalue weighted by atomic mass is 19.3. The Hall–Kier alpha value is -1.94. The van der Waals surface area contributed by atoms with Gasteiger partial charge in [0, 0.05) is 18.7 Å². The molecule has 2 nitrogen and oxygen atoms in total. The van der Waals surface area contributed by atoms with Crippen molar-refractivity contribution in [2.24, 2.45) is 0 Å². The van der Waals surface area contributed by atoms with Gasteiger partial charge in [-0.15, -0.1) is 0 Å². The van der Waals surface area contributed by atoms with Crippen LogP contribution in [0.5, 0.6) is 5.75 Å². The lowest BCUT2D eigenvalue weighted by molar-refractivity contribution is 0.151. The van der Waals surface area contributed by atoms with E-state index in [1.54, 1.807) is 6.07 Å². The van der Waals surface area contributed by atoms with Gasteiger partial charge in [-0.1, -0.05) is 30.3 Å². The molecule has 0 saturated heterocycles. The van der Waals surface area contributed by atoms with Gasteiger partial charge in [0.15, 0.2) is 0 Å². The average molecular weight is 291 g/mol. The minimum Gasteiger partial charge on any atom is -0.492 e. The Labute approximate surface area is 123 Å².